The SMILES string of the molecule is O=C(CCn1nc(Cl)c2ccccc21)N1CCN(c2ccccc2F)CC1. The van der Waals surface area contributed by atoms with Crippen LogP contribution in [0, 0.1) is 5.82 Å². The Kier molecular flexibility index (Phi) is 4.99. The first kappa shape index (κ1) is 17.8. The number of hydrogen-bond acceptors (Lipinski definition) is 3. The zero-order valence-electron chi connectivity index (χ0n) is 14.8. The van der Waals surface area contributed by atoms with Gasteiger partial charge in [0.05, 0.1) is 17.7 Å². The topological polar surface area (TPSA) is 41.4 Å². The lowest BCUT2D eigenvalue weighted by Gasteiger charge is -2.36. The van der Waals surface area contributed by atoms with Crippen molar-refractivity contribution in [2.75, 3.05) is 31.1 Å². The Morgan fingerprint density at radius 3 is 2.52 bits per heavy atom. The van der Waals surface area contributed by atoms with Crippen LogP contribution in [-0.2, 0) is 11.3 Å². The molecule has 1 aliphatic heterocycles. The fourth-order valence-electron chi connectivity index (χ4n) is 3.52. The van der Waals surface area contributed by atoms with Gasteiger partial charge in [0.1, 0.15) is 5.82 Å². The molecule has 3 aromatic rings. The number of amides is 1. The van der Waals surface area contributed by atoms with Gasteiger partial charge in [0.15, 0.2) is 5.15 Å². The molecule has 4 rings (SSSR count). The second-order valence-electron chi connectivity index (χ2n) is 6.60. The maximum atomic E-state index is 13.9. The van der Waals surface area contributed by atoms with Crippen LogP contribution in [0.25, 0.3) is 10.9 Å². The summed E-state index contributed by atoms with van der Waals surface area (Å²) in [5.74, 6) is -0.140. The third-order valence-electron chi connectivity index (χ3n) is 4.98. The molecule has 1 saturated heterocycles. The predicted octanol–water partition coefficient (Wildman–Crippen LogP) is 3.57. The maximum Gasteiger partial charge on any atom is 0.224 e. The minimum Gasteiger partial charge on any atom is -0.366 e. The second kappa shape index (κ2) is 7.56. The Balaban J connectivity index is 1.35. The van der Waals surface area contributed by atoms with E-state index in [1.54, 1.807) is 16.8 Å². The predicted molar refractivity (Wildman–Crippen MR) is 105 cm³/mol. The van der Waals surface area contributed by atoms with Gasteiger partial charge < -0.3 is 9.80 Å². The molecule has 7 heteroatoms. The van der Waals surface area contributed by atoms with Crippen molar-refractivity contribution in [3.8, 4) is 0 Å². The van der Waals surface area contributed by atoms with Crippen LogP contribution >= 0.6 is 11.6 Å². The van der Waals surface area contributed by atoms with Gasteiger partial charge in [-0.3, -0.25) is 9.48 Å². The number of nitrogens with zero attached hydrogens (tertiary/aromatic N) is 4. The normalized spacial score (nSPS) is 14.7. The molecule has 0 unspecified atom stereocenters. The number of benzene rings is 2. The highest BCUT2D eigenvalue weighted by molar-refractivity contribution is 6.34. The van der Waals surface area contributed by atoms with Crippen LogP contribution in [0.3, 0.4) is 0 Å². The highest BCUT2D eigenvalue weighted by Crippen LogP contribution is 2.23. The fraction of sp³-hybridized carbons (Fsp3) is 0.300. The third-order valence-corrected chi connectivity index (χ3v) is 5.26. The van der Waals surface area contributed by atoms with E-state index >= 15 is 0 Å². The van der Waals surface area contributed by atoms with Gasteiger partial charge in [-0.1, -0.05) is 35.9 Å². The monoisotopic (exact) mass is 386 g/mol. The first-order chi connectivity index (χ1) is 13.1. The molecule has 0 spiro atoms. The maximum absolute atomic E-state index is 13.9. The molecule has 0 bridgehead atoms. The van der Waals surface area contributed by atoms with Crippen molar-refractivity contribution in [1.29, 1.82) is 0 Å². The van der Waals surface area contributed by atoms with Gasteiger partial charge in [0.25, 0.3) is 0 Å². The van der Waals surface area contributed by atoms with E-state index in [0.29, 0.717) is 50.0 Å². The Hall–Kier alpha value is -2.60. The van der Waals surface area contributed by atoms with Crippen molar-refractivity contribution in [3.63, 3.8) is 0 Å². The van der Waals surface area contributed by atoms with Crippen LogP contribution in [-0.4, -0.2) is 46.8 Å². The van der Waals surface area contributed by atoms with Gasteiger partial charge in [0, 0.05) is 38.0 Å². The average Bonchev–Trinajstić information content (AvgIpc) is 3.03. The zero-order valence-corrected chi connectivity index (χ0v) is 15.6. The zero-order chi connectivity index (χ0) is 18.8. The van der Waals surface area contributed by atoms with Gasteiger partial charge in [-0.15, -0.1) is 0 Å². The number of hydrogen-bond donors (Lipinski definition) is 0. The lowest BCUT2D eigenvalue weighted by atomic mass is 10.2. The van der Waals surface area contributed by atoms with Gasteiger partial charge in [-0.25, -0.2) is 4.39 Å². The molecule has 140 valence electrons. The lowest BCUT2D eigenvalue weighted by Crippen LogP contribution is -2.49. The molecule has 1 amide bonds. The molecule has 1 aromatic heterocycles. The Labute approximate surface area is 161 Å². The Morgan fingerprint density at radius 1 is 1.04 bits per heavy atom. The van der Waals surface area contributed by atoms with E-state index in [9.17, 15) is 9.18 Å². The molecule has 2 aromatic carbocycles. The van der Waals surface area contributed by atoms with Gasteiger partial charge >= 0.3 is 0 Å². The van der Waals surface area contributed by atoms with Crippen LogP contribution < -0.4 is 4.90 Å². The average molecular weight is 387 g/mol. The van der Waals surface area contributed by atoms with E-state index in [1.165, 1.54) is 6.07 Å². The molecule has 1 fully saturated rings. The number of rotatable bonds is 4. The van der Waals surface area contributed by atoms with E-state index in [2.05, 4.69) is 5.10 Å². The summed E-state index contributed by atoms with van der Waals surface area (Å²) in [7, 11) is 0. The molecule has 5 nitrogen and oxygen atoms in total. The van der Waals surface area contributed by atoms with Crippen molar-refractivity contribution in [2.24, 2.45) is 0 Å². The van der Waals surface area contributed by atoms with Crippen LogP contribution in [0.15, 0.2) is 48.5 Å². The molecule has 2 heterocycles. The summed E-state index contributed by atoms with van der Waals surface area (Å²) in [5, 5.41) is 5.68. The minimum absolute atomic E-state index is 0.0823. The number of para-hydroxylation sites is 2. The number of carbonyl (C=O) groups excluding carboxylic acids is 1. The second-order valence-corrected chi connectivity index (χ2v) is 6.96. The highest BCUT2D eigenvalue weighted by atomic mass is 35.5. The first-order valence-corrected chi connectivity index (χ1v) is 9.39. The molecular weight excluding hydrogens is 367 g/mol. The standard InChI is InChI=1S/C20H20ClFN4O/c21-20-15-5-1-3-7-17(15)26(23-20)10-9-19(27)25-13-11-24(12-14-25)18-8-4-2-6-16(18)22/h1-8H,9-14H2. The molecule has 0 aliphatic carbocycles. The highest BCUT2D eigenvalue weighted by Gasteiger charge is 2.22. The fourth-order valence-corrected chi connectivity index (χ4v) is 3.77. The summed E-state index contributed by atoms with van der Waals surface area (Å²) in [6.45, 7) is 2.92. The van der Waals surface area contributed by atoms with Crippen molar-refractivity contribution < 1.29 is 9.18 Å². The number of carbonyl (C=O) groups is 1. The largest absolute Gasteiger partial charge is 0.366 e. The van der Waals surface area contributed by atoms with Crippen molar-refractivity contribution in [3.05, 3.63) is 59.5 Å². The number of piperazine rings is 1. The summed E-state index contributed by atoms with van der Waals surface area (Å²) < 4.78 is 15.7. The number of fused-ring (bicyclic) bond motifs is 1. The minimum atomic E-state index is -0.222. The van der Waals surface area contributed by atoms with Crippen LogP contribution in [0.5, 0.6) is 0 Å². The summed E-state index contributed by atoms with van der Waals surface area (Å²) in [4.78, 5) is 16.4. The van der Waals surface area contributed by atoms with Crippen LogP contribution in [0.4, 0.5) is 10.1 Å². The molecule has 0 N–H and O–H groups in total. The lowest BCUT2D eigenvalue weighted by molar-refractivity contribution is -0.131. The number of halogens is 2. The molecule has 0 atom stereocenters. The summed E-state index contributed by atoms with van der Waals surface area (Å²) in [5.41, 5.74) is 1.53. The summed E-state index contributed by atoms with van der Waals surface area (Å²) in [6.07, 6.45) is 0.363. The van der Waals surface area contributed by atoms with Gasteiger partial charge in [-0.2, -0.15) is 5.10 Å². The quantitative estimate of drug-likeness (QED) is 0.688. The first-order valence-electron chi connectivity index (χ1n) is 9.02. The number of aryl methyl sites for hydroxylation is 1. The summed E-state index contributed by atoms with van der Waals surface area (Å²) in [6, 6.07) is 14.5. The van der Waals surface area contributed by atoms with E-state index < -0.39 is 0 Å². The van der Waals surface area contributed by atoms with E-state index in [4.69, 9.17) is 11.6 Å². The van der Waals surface area contributed by atoms with E-state index in [0.717, 1.165) is 10.9 Å². The molecule has 0 radical (unpaired) electrons. The Bertz CT molecular complexity index is 966. The molecule has 27 heavy (non-hydrogen) atoms. The smallest absolute Gasteiger partial charge is 0.224 e. The number of aromatic nitrogens is 2. The van der Waals surface area contributed by atoms with Crippen molar-refractivity contribution in [1.82, 2.24) is 14.7 Å². The number of anilines is 1. The molecular formula is C20H20ClFN4O. The van der Waals surface area contributed by atoms with E-state index in [1.807, 2.05) is 40.1 Å². The molecule has 0 saturated carbocycles. The molecule has 1 aliphatic rings. The van der Waals surface area contributed by atoms with Crippen molar-refractivity contribution >= 4 is 34.1 Å². The van der Waals surface area contributed by atoms with Gasteiger partial charge in [0.2, 0.25) is 5.91 Å². The van der Waals surface area contributed by atoms with Crippen molar-refractivity contribution in [2.45, 2.75) is 13.0 Å². The third kappa shape index (κ3) is 3.62. The van der Waals surface area contributed by atoms with E-state index in [-0.39, 0.29) is 11.7 Å². The van der Waals surface area contributed by atoms with Gasteiger partial charge in [-0.05, 0) is 24.3 Å². The Morgan fingerprint density at radius 2 is 1.74 bits per heavy atom. The van der Waals surface area contributed by atoms with Crippen LogP contribution in [0.2, 0.25) is 5.15 Å². The summed E-state index contributed by atoms with van der Waals surface area (Å²) >= 11 is 6.17. The van der Waals surface area contributed by atoms with Crippen LogP contribution in [0.1, 0.15) is 6.42 Å².